The molecule has 0 aliphatic heterocycles. The molecule has 0 aliphatic carbocycles. The lowest BCUT2D eigenvalue weighted by molar-refractivity contribution is -0.385. The van der Waals surface area contributed by atoms with Gasteiger partial charge in [-0.15, -0.1) is 0 Å². The molecule has 1 aromatic rings. The second-order valence-electron chi connectivity index (χ2n) is 2.05. The maximum absolute atomic E-state index is 10.2. The van der Waals surface area contributed by atoms with Crippen LogP contribution in [-0.2, 0) is 0 Å². The fourth-order valence-electron chi connectivity index (χ4n) is 0.615. The van der Waals surface area contributed by atoms with Gasteiger partial charge < -0.3 is 9.84 Å². The summed E-state index contributed by atoms with van der Waals surface area (Å²) in [4.78, 5) is 16.7. The number of hydrogen-bond acceptors (Lipinski definition) is 6. The van der Waals surface area contributed by atoms with E-state index in [9.17, 15) is 10.1 Å². The molecular formula is C6H7N3O4. The smallest absolute Gasteiger partial charge is 0.316 e. The van der Waals surface area contributed by atoms with Crippen molar-refractivity contribution < 1.29 is 14.8 Å². The summed E-state index contributed by atoms with van der Waals surface area (Å²) >= 11 is 0. The molecule has 0 atom stereocenters. The number of aliphatic hydroxyl groups excluding tert-OH is 1. The van der Waals surface area contributed by atoms with E-state index in [4.69, 9.17) is 9.84 Å². The molecule has 0 unspecified atom stereocenters. The molecule has 0 aliphatic rings. The fourth-order valence-corrected chi connectivity index (χ4v) is 0.615. The minimum absolute atomic E-state index is 0.0136. The summed E-state index contributed by atoms with van der Waals surface area (Å²) in [6.07, 6.45) is 2.08. The van der Waals surface area contributed by atoms with Gasteiger partial charge in [-0.25, -0.2) is 0 Å². The van der Waals surface area contributed by atoms with Crippen molar-refractivity contribution in [3.05, 3.63) is 22.5 Å². The first-order valence-corrected chi connectivity index (χ1v) is 3.44. The van der Waals surface area contributed by atoms with Gasteiger partial charge in [0.2, 0.25) is 0 Å². The Labute approximate surface area is 73.2 Å². The summed E-state index contributed by atoms with van der Waals surface area (Å²) in [7, 11) is 0. The highest BCUT2D eigenvalue weighted by molar-refractivity contribution is 5.21. The van der Waals surface area contributed by atoms with Crippen LogP contribution in [0.25, 0.3) is 0 Å². The second kappa shape index (κ2) is 4.31. The van der Waals surface area contributed by atoms with Crippen LogP contribution in [0, 0.1) is 10.1 Å². The molecule has 1 rings (SSSR count). The Kier molecular flexibility index (Phi) is 3.09. The average molecular weight is 185 g/mol. The number of aliphatic hydroxyl groups is 1. The van der Waals surface area contributed by atoms with E-state index >= 15 is 0 Å². The standard InChI is InChI=1S/C6H7N3O4/c10-1-2-13-6-7-3-5(4-8-6)9(11)12/h3-4,10H,1-2H2. The van der Waals surface area contributed by atoms with Crippen LogP contribution in [0.3, 0.4) is 0 Å². The lowest BCUT2D eigenvalue weighted by Crippen LogP contribution is -2.04. The molecule has 70 valence electrons. The van der Waals surface area contributed by atoms with E-state index in [0.717, 1.165) is 12.4 Å². The maximum atomic E-state index is 10.2. The molecule has 0 spiro atoms. The molecule has 0 fully saturated rings. The first kappa shape index (κ1) is 9.33. The van der Waals surface area contributed by atoms with E-state index in [0.29, 0.717) is 0 Å². The van der Waals surface area contributed by atoms with Gasteiger partial charge >= 0.3 is 11.7 Å². The molecule has 0 radical (unpaired) electrons. The number of hydrogen-bond donors (Lipinski definition) is 1. The van der Waals surface area contributed by atoms with Crippen molar-refractivity contribution in [3.63, 3.8) is 0 Å². The average Bonchev–Trinajstić information content (AvgIpc) is 2.15. The van der Waals surface area contributed by atoms with Gasteiger partial charge in [0, 0.05) is 0 Å². The van der Waals surface area contributed by atoms with Gasteiger partial charge in [0.05, 0.1) is 11.5 Å². The highest BCUT2D eigenvalue weighted by Crippen LogP contribution is 2.08. The second-order valence-corrected chi connectivity index (χ2v) is 2.05. The summed E-state index contributed by atoms with van der Waals surface area (Å²) in [6.45, 7) is -0.0852. The van der Waals surface area contributed by atoms with Gasteiger partial charge in [0.1, 0.15) is 19.0 Å². The minimum atomic E-state index is -0.601. The van der Waals surface area contributed by atoms with Gasteiger partial charge in [0.25, 0.3) is 0 Å². The van der Waals surface area contributed by atoms with Crippen molar-refractivity contribution in [2.24, 2.45) is 0 Å². The molecule has 0 aromatic carbocycles. The number of aromatic nitrogens is 2. The van der Waals surface area contributed by atoms with Crippen LogP contribution < -0.4 is 4.74 Å². The number of ether oxygens (including phenoxy) is 1. The van der Waals surface area contributed by atoms with E-state index < -0.39 is 4.92 Å². The van der Waals surface area contributed by atoms with Crippen LogP contribution in [-0.4, -0.2) is 33.2 Å². The Bertz CT molecular complexity index is 286. The Balaban J connectivity index is 2.64. The fraction of sp³-hybridized carbons (Fsp3) is 0.333. The Morgan fingerprint density at radius 2 is 2.15 bits per heavy atom. The zero-order valence-corrected chi connectivity index (χ0v) is 6.58. The van der Waals surface area contributed by atoms with Crippen molar-refractivity contribution in [1.29, 1.82) is 0 Å². The van der Waals surface area contributed by atoms with E-state index in [-0.39, 0.29) is 24.9 Å². The summed E-state index contributed by atoms with van der Waals surface area (Å²) in [5.74, 6) is 0. The summed E-state index contributed by atoms with van der Waals surface area (Å²) < 4.78 is 4.80. The minimum Gasteiger partial charge on any atom is -0.461 e. The maximum Gasteiger partial charge on any atom is 0.316 e. The highest BCUT2D eigenvalue weighted by atomic mass is 16.6. The lowest BCUT2D eigenvalue weighted by Gasteiger charge is -1.99. The molecule has 1 aromatic heterocycles. The van der Waals surface area contributed by atoms with Crippen molar-refractivity contribution in [2.75, 3.05) is 13.2 Å². The van der Waals surface area contributed by atoms with Crippen LogP contribution >= 0.6 is 0 Å². The number of rotatable bonds is 4. The van der Waals surface area contributed by atoms with Crippen LogP contribution in [0.5, 0.6) is 6.01 Å². The van der Waals surface area contributed by atoms with Gasteiger partial charge in [-0.3, -0.25) is 10.1 Å². The monoisotopic (exact) mass is 185 g/mol. The molecular weight excluding hydrogens is 178 g/mol. The van der Waals surface area contributed by atoms with Crippen molar-refractivity contribution in [1.82, 2.24) is 9.97 Å². The molecule has 1 heterocycles. The van der Waals surface area contributed by atoms with Crippen LogP contribution in [0.15, 0.2) is 12.4 Å². The van der Waals surface area contributed by atoms with Crippen molar-refractivity contribution in [2.45, 2.75) is 0 Å². The molecule has 0 bridgehead atoms. The van der Waals surface area contributed by atoms with Crippen LogP contribution in [0.4, 0.5) is 5.69 Å². The zero-order chi connectivity index (χ0) is 9.68. The van der Waals surface area contributed by atoms with E-state index in [2.05, 4.69) is 9.97 Å². The third kappa shape index (κ3) is 2.64. The third-order valence-electron chi connectivity index (χ3n) is 1.15. The van der Waals surface area contributed by atoms with Gasteiger partial charge in [-0.1, -0.05) is 0 Å². The lowest BCUT2D eigenvalue weighted by atomic mass is 10.6. The predicted molar refractivity (Wildman–Crippen MR) is 41.3 cm³/mol. The molecule has 0 saturated carbocycles. The zero-order valence-electron chi connectivity index (χ0n) is 6.58. The first-order valence-electron chi connectivity index (χ1n) is 3.44. The van der Waals surface area contributed by atoms with Gasteiger partial charge in [-0.2, -0.15) is 9.97 Å². The van der Waals surface area contributed by atoms with E-state index in [1.807, 2.05) is 0 Å². The van der Waals surface area contributed by atoms with E-state index in [1.54, 1.807) is 0 Å². The summed E-state index contributed by atoms with van der Waals surface area (Å²) in [5, 5.41) is 18.6. The van der Waals surface area contributed by atoms with Crippen molar-refractivity contribution in [3.8, 4) is 6.01 Å². The topological polar surface area (TPSA) is 98.4 Å². The Morgan fingerprint density at radius 3 is 2.62 bits per heavy atom. The third-order valence-corrected chi connectivity index (χ3v) is 1.15. The number of nitrogens with zero attached hydrogens (tertiary/aromatic N) is 3. The van der Waals surface area contributed by atoms with Gasteiger partial charge in [-0.05, 0) is 0 Å². The molecule has 13 heavy (non-hydrogen) atoms. The van der Waals surface area contributed by atoms with Crippen molar-refractivity contribution >= 4 is 5.69 Å². The van der Waals surface area contributed by atoms with Crippen LogP contribution in [0.1, 0.15) is 0 Å². The summed E-state index contributed by atoms with van der Waals surface area (Å²) in [5.41, 5.74) is -0.198. The van der Waals surface area contributed by atoms with E-state index in [1.165, 1.54) is 0 Å². The van der Waals surface area contributed by atoms with Crippen LogP contribution in [0.2, 0.25) is 0 Å². The highest BCUT2D eigenvalue weighted by Gasteiger charge is 2.06. The molecule has 0 saturated heterocycles. The molecule has 0 amide bonds. The Morgan fingerprint density at radius 1 is 1.54 bits per heavy atom. The quantitative estimate of drug-likeness (QED) is 0.513. The first-order chi connectivity index (χ1) is 6.24. The molecule has 1 N–H and O–H groups in total. The number of nitro groups is 1. The molecule has 7 nitrogen and oxygen atoms in total. The molecule has 7 heteroatoms. The normalized spacial score (nSPS) is 9.62. The predicted octanol–water partition coefficient (Wildman–Crippen LogP) is -0.244. The Hall–Kier alpha value is -1.76. The SMILES string of the molecule is O=[N+]([O-])c1cnc(OCCO)nc1. The summed E-state index contributed by atoms with van der Waals surface area (Å²) in [6, 6.07) is 0.0136. The largest absolute Gasteiger partial charge is 0.461 e. The van der Waals surface area contributed by atoms with Gasteiger partial charge in [0.15, 0.2) is 0 Å².